The first kappa shape index (κ1) is 15.8. The van der Waals surface area contributed by atoms with Crippen molar-refractivity contribution in [2.75, 3.05) is 19.4 Å². The molecule has 2 rings (SSSR count). The van der Waals surface area contributed by atoms with E-state index in [2.05, 4.69) is 5.32 Å². The van der Waals surface area contributed by atoms with Crippen LogP contribution in [0.25, 0.3) is 0 Å². The quantitative estimate of drug-likeness (QED) is 0.865. The van der Waals surface area contributed by atoms with Gasteiger partial charge in [0, 0.05) is 14.1 Å². The zero-order chi connectivity index (χ0) is 15.7. The highest BCUT2D eigenvalue weighted by molar-refractivity contribution is 7.89. The van der Waals surface area contributed by atoms with Gasteiger partial charge in [-0.25, -0.2) is 17.5 Å². The number of aliphatic carboxylic acids is 1. The molecule has 0 heterocycles. The van der Waals surface area contributed by atoms with Gasteiger partial charge in [0.05, 0.1) is 5.69 Å². The lowest BCUT2D eigenvalue weighted by Crippen LogP contribution is -2.44. The van der Waals surface area contributed by atoms with Crippen LogP contribution in [0, 0.1) is 0 Å². The van der Waals surface area contributed by atoms with Gasteiger partial charge in [0.25, 0.3) is 0 Å². The number of carboxylic acid groups (broad SMARTS) is 1. The van der Waals surface area contributed by atoms with Crippen LogP contribution in [0.5, 0.6) is 0 Å². The molecule has 1 aliphatic rings. The van der Waals surface area contributed by atoms with Crippen molar-refractivity contribution in [2.45, 2.75) is 36.1 Å². The minimum Gasteiger partial charge on any atom is -0.480 e. The summed E-state index contributed by atoms with van der Waals surface area (Å²) in [6.45, 7) is 0. The molecular weight excluding hydrogens is 292 g/mol. The van der Waals surface area contributed by atoms with E-state index >= 15 is 0 Å². The summed E-state index contributed by atoms with van der Waals surface area (Å²) in [6.07, 6.45) is 2.64. The number of hydrogen-bond acceptors (Lipinski definition) is 4. The normalized spacial score (nSPS) is 17.9. The molecule has 1 saturated carbocycles. The summed E-state index contributed by atoms with van der Waals surface area (Å²) in [7, 11) is -0.718. The van der Waals surface area contributed by atoms with Gasteiger partial charge in [-0.3, -0.25) is 0 Å². The second kappa shape index (κ2) is 5.65. The second-order valence-corrected chi connectivity index (χ2v) is 7.62. The number of sulfonamides is 1. The molecule has 0 spiro atoms. The molecule has 6 nitrogen and oxygen atoms in total. The van der Waals surface area contributed by atoms with Gasteiger partial charge in [-0.05, 0) is 25.0 Å². The van der Waals surface area contributed by atoms with Crippen molar-refractivity contribution in [2.24, 2.45) is 0 Å². The van der Waals surface area contributed by atoms with Crippen molar-refractivity contribution in [3.05, 3.63) is 24.3 Å². The van der Waals surface area contributed by atoms with E-state index in [9.17, 15) is 18.3 Å². The number of para-hydroxylation sites is 1. The van der Waals surface area contributed by atoms with Crippen LogP contribution in [0.4, 0.5) is 5.69 Å². The Balaban J connectivity index is 2.44. The molecule has 116 valence electrons. The van der Waals surface area contributed by atoms with Crippen molar-refractivity contribution in [1.82, 2.24) is 4.31 Å². The van der Waals surface area contributed by atoms with Crippen molar-refractivity contribution in [1.29, 1.82) is 0 Å². The summed E-state index contributed by atoms with van der Waals surface area (Å²) in [6, 6.07) is 6.42. The molecule has 1 fully saturated rings. The lowest BCUT2D eigenvalue weighted by atomic mass is 9.97. The third-order valence-corrected chi connectivity index (χ3v) is 5.76. The molecule has 1 aliphatic carbocycles. The Bertz CT molecular complexity index is 634. The minimum absolute atomic E-state index is 0.0996. The molecule has 2 N–H and O–H groups in total. The van der Waals surface area contributed by atoms with E-state index < -0.39 is 21.5 Å². The maximum absolute atomic E-state index is 12.3. The maximum Gasteiger partial charge on any atom is 0.329 e. The first-order valence-electron chi connectivity index (χ1n) is 6.83. The molecule has 0 unspecified atom stereocenters. The summed E-state index contributed by atoms with van der Waals surface area (Å²) in [5, 5.41) is 12.5. The van der Waals surface area contributed by atoms with Crippen molar-refractivity contribution >= 4 is 21.7 Å². The van der Waals surface area contributed by atoms with Crippen LogP contribution in [0.3, 0.4) is 0 Å². The number of nitrogens with zero attached hydrogens (tertiary/aromatic N) is 1. The molecule has 7 heteroatoms. The largest absolute Gasteiger partial charge is 0.480 e. The molecule has 0 aromatic heterocycles. The summed E-state index contributed by atoms with van der Waals surface area (Å²) in [4.78, 5) is 11.7. The van der Waals surface area contributed by atoms with Crippen LogP contribution < -0.4 is 5.32 Å². The van der Waals surface area contributed by atoms with Crippen LogP contribution in [-0.2, 0) is 14.8 Å². The Kier molecular flexibility index (Phi) is 4.25. The van der Waals surface area contributed by atoms with E-state index in [4.69, 9.17) is 0 Å². The zero-order valence-electron chi connectivity index (χ0n) is 12.2. The summed E-state index contributed by atoms with van der Waals surface area (Å²) in [5.74, 6) is -0.933. The Morgan fingerprint density at radius 3 is 2.33 bits per heavy atom. The van der Waals surface area contributed by atoms with E-state index in [0.717, 1.165) is 17.1 Å². The molecule has 0 bridgehead atoms. The fraction of sp³-hybridized carbons (Fsp3) is 0.500. The topological polar surface area (TPSA) is 86.7 Å². The van der Waals surface area contributed by atoms with Gasteiger partial charge in [0.15, 0.2) is 0 Å². The van der Waals surface area contributed by atoms with Gasteiger partial charge in [-0.2, -0.15) is 0 Å². The van der Waals surface area contributed by atoms with Crippen LogP contribution in [0.15, 0.2) is 29.2 Å². The number of nitrogens with one attached hydrogen (secondary N) is 1. The fourth-order valence-corrected chi connectivity index (χ4v) is 3.66. The average Bonchev–Trinajstić information content (AvgIpc) is 2.89. The van der Waals surface area contributed by atoms with Gasteiger partial charge in [0.2, 0.25) is 10.0 Å². The van der Waals surface area contributed by atoms with Crippen LogP contribution >= 0.6 is 0 Å². The number of benzene rings is 1. The van der Waals surface area contributed by atoms with E-state index in [1.165, 1.54) is 20.2 Å². The van der Waals surface area contributed by atoms with Gasteiger partial charge >= 0.3 is 5.97 Å². The first-order valence-corrected chi connectivity index (χ1v) is 8.27. The Labute approximate surface area is 124 Å². The standard InChI is InChI=1S/C14H20N2O4S/c1-16(2)21(19,20)12-8-4-3-7-11(12)15-14(13(17)18)9-5-6-10-14/h3-4,7-8,15H,5-6,9-10H2,1-2H3,(H,17,18). The third-order valence-electron chi connectivity index (χ3n) is 3.89. The van der Waals surface area contributed by atoms with E-state index in [1.54, 1.807) is 18.2 Å². The molecule has 21 heavy (non-hydrogen) atoms. The lowest BCUT2D eigenvalue weighted by molar-refractivity contribution is -0.142. The van der Waals surface area contributed by atoms with Gasteiger partial charge in [-0.15, -0.1) is 0 Å². The second-order valence-electron chi connectivity index (χ2n) is 5.50. The van der Waals surface area contributed by atoms with Gasteiger partial charge < -0.3 is 10.4 Å². The smallest absolute Gasteiger partial charge is 0.329 e. The fourth-order valence-electron chi connectivity index (χ4n) is 2.62. The highest BCUT2D eigenvalue weighted by Crippen LogP contribution is 2.35. The first-order chi connectivity index (χ1) is 9.79. The van der Waals surface area contributed by atoms with Crippen LogP contribution in [0.1, 0.15) is 25.7 Å². The van der Waals surface area contributed by atoms with Crippen molar-refractivity contribution in [3.8, 4) is 0 Å². The number of hydrogen-bond donors (Lipinski definition) is 2. The molecule has 1 aromatic carbocycles. The molecule has 0 amide bonds. The summed E-state index contributed by atoms with van der Waals surface area (Å²) >= 11 is 0. The molecule has 0 radical (unpaired) electrons. The van der Waals surface area contributed by atoms with E-state index in [1.807, 2.05) is 0 Å². The third kappa shape index (κ3) is 2.89. The monoisotopic (exact) mass is 312 g/mol. The van der Waals surface area contributed by atoms with Crippen molar-refractivity contribution in [3.63, 3.8) is 0 Å². The predicted octanol–water partition coefficient (Wildman–Crippen LogP) is 1.75. The molecular formula is C14H20N2O4S. The number of carbonyl (C=O) groups is 1. The van der Waals surface area contributed by atoms with Gasteiger partial charge in [0.1, 0.15) is 10.4 Å². The van der Waals surface area contributed by atoms with E-state index in [0.29, 0.717) is 18.5 Å². The lowest BCUT2D eigenvalue weighted by Gasteiger charge is -2.28. The van der Waals surface area contributed by atoms with Crippen LogP contribution in [0.2, 0.25) is 0 Å². The van der Waals surface area contributed by atoms with E-state index in [-0.39, 0.29) is 4.90 Å². The zero-order valence-corrected chi connectivity index (χ0v) is 13.0. The minimum atomic E-state index is -3.62. The maximum atomic E-state index is 12.3. The number of anilines is 1. The SMILES string of the molecule is CN(C)S(=O)(=O)c1ccccc1NC1(C(=O)O)CCCC1. The molecule has 1 aromatic rings. The average molecular weight is 312 g/mol. The van der Waals surface area contributed by atoms with Crippen molar-refractivity contribution < 1.29 is 18.3 Å². The summed E-state index contributed by atoms with van der Waals surface area (Å²) in [5.41, 5.74) is -0.728. The van der Waals surface area contributed by atoms with Crippen LogP contribution in [-0.4, -0.2) is 43.4 Å². The predicted molar refractivity (Wildman–Crippen MR) is 79.8 cm³/mol. The highest BCUT2D eigenvalue weighted by Gasteiger charge is 2.42. The molecule has 0 atom stereocenters. The molecule has 0 saturated heterocycles. The Hall–Kier alpha value is -1.60. The number of rotatable bonds is 5. The number of carboxylic acids is 1. The summed E-state index contributed by atoms with van der Waals surface area (Å²) < 4.78 is 25.8. The highest BCUT2D eigenvalue weighted by atomic mass is 32.2. The van der Waals surface area contributed by atoms with Gasteiger partial charge in [-0.1, -0.05) is 25.0 Å². The Morgan fingerprint density at radius 1 is 1.24 bits per heavy atom. The Morgan fingerprint density at radius 2 is 1.81 bits per heavy atom. The molecule has 0 aliphatic heterocycles.